The highest BCUT2D eigenvalue weighted by atomic mass is 16.6. The molecule has 2 N–H and O–H groups in total. The highest BCUT2D eigenvalue weighted by Gasteiger charge is 2.24. The maximum Gasteiger partial charge on any atom is 0.329 e. The van der Waals surface area contributed by atoms with Gasteiger partial charge in [0.2, 0.25) is 11.8 Å². The number of anilines is 2. The van der Waals surface area contributed by atoms with Crippen molar-refractivity contribution in [2.75, 3.05) is 17.2 Å². The van der Waals surface area contributed by atoms with Crippen LogP contribution in [-0.4, -0.2) is 27.5 Å². The van der Waals surface area contributed by atoms with Crippen LogP contribution in [0.1, 0.15) is 46.0 Å². The first-order chi connectivity index (χ1) is 10.1. The molecule has 1 aliphatic rings. The van der Waals surface area contributed by atoms with Crippen LogP contribution in [0.4, 0.5) is 17.5 Å². The summed E-state index contributed by atoms with van der Waals surface area (Å²) in [4.78, 5) is 18.9. The minimum absolute atomic E-state index is 0.0609. The molecule has 0 aromatic carbocycles. The highest BCUT2D eigenvalue weighted by Crippen LogP contribution is 2.30. The quantitative estimate of drug-likeness (QED) is 0.618. The molecule has 7 nitrogen and oxygen atoms in total. The molecule has 1 saturated carbocycles. The molecule has 0 aliphatic heterocycles. The molecule has 1 aliphatic carbocycles. The number of hydrogen-bond donors (Lipinski definition) is 2. The van der Waals surface area contributed by atoms with Crippen LogP contribution in [0.2, 0.25) is 0 Å². The van der Waals surface area contributed by atoms with E-state index in [0.717, 1.165) is 18.8 Å². The molecule has 1 heterocycles. The summed E-state index contributed by atoms with van der Waals surface area (Å²) in [5, 5.41) is 17.3. The van der Waals surface area contributed by atoms with Crippen molar-refractivity contribution in [3.63, 3.8) is 0 Å². The molecule has 0 unspecified atom stereocenters. The lowest BCUT2D eigenvalue weighted by atomic mass is 9.84. The topological polar surface area (TPSA) is 93.0 Å². The Kier molecular flexibility index (Phi) is 5.30. The molecule has 1 fully saturated rings. The zero-order valence-corrected chi connectivity index (χ0v) is 12.6. The molecule has 0 atom stereocenters. The van der Waals surface area contributed by atoms with E-state index in [-0.39, 0.29) is 11.7 Å². The Morgan fingerprint density at radius 1 is 1.33 bits per heavy atom. The van der Waals surface area contributed by atoms with Gasteiger partial charge in [0.05, 0.1) is 4.92 Å². The molecule has 1 aromatic rings. The number of rotatable bonds is 6. The average molecular weight is 293 g/mol. The van der Waals surface area contributed by atoms with Crippen molar-refractivity contribution in [1.82, 2.24) is 9.97 Å². The highest BCUT2D eigenvalue weighted by molar-refractivity contribution is 5.57. The Labute approximate surface area is 124 Å². The smallest absolute Gasteiger partial charge is 0.329 e. The van der Waals surface area contributed by atoms with Crippen LogP contribution in [-0.2, 0) is 0 Å². The third kappa shape index (κ3) is 4.03. The van der Waals surface area contributed by atoms with Gasteiger partial charge < -0.3 is 10.6 Å². The van der Waals surface area contributed by atoms with Crippen molar-refractivity contribution < 1.29 is 4.92 Å². The van der Waals surface area contributed by atoms with Gasteiger partial charge in [-0.05, 0) is 38.5 Å². The lowest BCUT2D eigenvalue weighted by molar-refractivity contribution is -0.384. The summed E-state index contributed by atoms with van der Waals surface area (Å²) in [5.74, 6) is 1.54. The van der Waals surface area contributed by atoms with Crippen LogP contribution in [0, 0.1) is 16.0 Å². The zero-order chi connectivity index (χ0) is 15.2. The van der Waals surface area contributed by atoms with Gasteiger partial charge in [0.1, 0.15) is 6.20 Å². The van der Waals surface area contributed by atoms with E-state index < -0.39 is 4.92 Å². The van der Waals surface area contributed by atoms with Gasteiger partial charge in [-0.1, -0.05) is 13.3 Å². The van der Waals surface area contributed by atoms with Crippen LogP contribution in [0.3, 0.4) is 0 Å². The normalized spacial score (nSPS) is 21.8. The summed E-state index contributed by atoms with van der Waals surface area (Å²) in [5.41, 5.74) is -0.0609. The summed E-state index contributed by atoms with van der Waals surface area (Å²) in [6.07, 6.45) is 6.91. The third-order valence-electron chi connectivity index (χ3n) is 4.07. The van der Waals surface area contributed by atoms with Crippen molar-refractivity contribution in [2.45, 2.75) is 52.0 Å². The molecule has 0 bridgehead atoms. The molecule has 7 heteroatoms. The summed E-state index contributed by atoms with van der Waals surface area (Å²) in [6.45, 7) is 4.83. The van der Waals surface area contributed by atoms with E-state index in [1.165, 1.54) is 25.5 Å². The van der Waals surface area contributed by atoms with E-state index in [2.05, 4.69) is 27.5 Å². The average Bonchev–Trinajstić information content (AvgIpc) is 2.48. The summed E-state index contributed by atoms with van der Waals surface area (Å²) in [7, 11) is 0. The van der Waals surface area contributed by atoms with E-state index in [1.54, 1.807) is 0 Å². The molecular weight excluding hydrogens is 270 g/mol. The van der Waals surface area contributed by atoms with Crippen LogP contribution in [0.25, 0.3) is 0 Å². The number of aromatic nitrogens is 2. The molecule has 0 amide bonds. The molecule has 116 valence electrons. The van der Waals surface area contributed by atoms with Crippen molar-refractivity contribution in [3.8, 4) is 0 Å². The first-order valence-electron chi connectivity index (χ1n) is 7.65. The summed E-state index contributed by atoms with van der Waals surface area (Å²) in [6, 6.07) is 0.260. The van der Waals surface area contributed by atoms with Crippen molar-refractivity contribution in [2.24, 2.45) is 5.92 Å². The monoisotopic (exact) mass is 293 g/mol. The Morgan fingerprint density at radius 3 is 2.62 bits per heavy atom. The zero-order valence-electron chi connectivity index (χ0n) is 12.6. The van der Waals surface area contributed by atoms with Gasteiger partial charge in [-0.3, -0.25) is 10.1 Å². The van der Waals surface area contributed by atoms with Gasteiger partial charge in [-0.2, -0.15) is 4.98 Å². The van der Waals surface area contributed by atoms with E-state index >= 15 is 0 Å². The molecule has 2 rings (SSSR count). The lowest BCUT2D eigenvalue weighted by Gasteiger charge is -2.28. The molecule has 0 spiro atoms. The second-order valence-corrected chi connectivity index (χ2v) is 5.49. The van der Waals surface area contributed by atoms with Gasteiger partial charge in [0.25, 0.3) is 0 Å². The second kappa shape index (κ2) is 7.19. The third-order valence-corrected chi connectivity index (χ3v) is 4.07. The van der Waals surface area contributed by atoms with Crippen LogP contribution in [0.15, 0.2) is 6.20 Å². The largest absolute Gasteiger partial charge is 0.361 e. The number of nitrogens with one attached hydrogen (secondary N) is 2. The summed E-state index contributed by atoms with van der Waals surface area (Å²) < 4.78 is 0. The van der Waals surface area contributed by atoms with E-state index in [9.17, 15) is 10.1 Å². The van der Waals surface area contributed by atoms with Crippen LogP contribution in [0.5, 0.6) is 0 Å². The number of nitrogens with zero attached hydrogens (tertiary/aromatic N) is 3. The van der Waals surface area contributed by atoms with Crippen molar-refractivity contribution in [1.29, 1.82) is 0 Å². The second-order valence-electron chi connectivity index (χ2n) is 5.49. The van der Waals surface area contributed by atoms with E-state index in [4.69, 9.17) is 0 Å². The fourth-order valence-corrected chi connectivity index (χ4v) is 2.77. The molecule has 1 aromatic heterocycles. The predicted molar refractivity (Wildman–Crippen MR) is 82.5 cm³/mol. The number of hydrogen-bond acceptors (Lipinski definition) is 6. The Hall–Kier alpha value is -1.92. The maximum atomic E-state index is 11.1. The Bertz CT molecular complexity index is 486. The SMILES string of the molecule is CCNc1ncc([N+](=O)[O-])c(NC2CCC(CC)CC2)n1. The molecule has 0 radical (unpaired) electrons. The first kappa shape index (κ1) is 15.5. The van der Waals surface area contributed by atoms with Gasteiger partial charge in [0, 0.05) is 12.6 Å². The van der Waals surface area contributed by atoms with Crippen LogP contribution >= 0.6 is 0 Å². The van der Waals surface area contributed by atoms with Crippen molar-refractivity contribution >= 4 is 17.5 Å². The fourth-order valence-electron chi connectivity index (χ4n) is 2.77. The minimum atomic E-state index is -0.435. The van der Waals surface area contributed by atoms with E-state index in [1.807, 2.05) is 6.92 Å². The van der Waals surface area contributed by atoms with Gasteiger partial charge in [-0.25, -0.2) is 4.98 Å². The molecular formula is C14H23N5O2. The van der Waals surface area contributed by atoms with Crippen molar-refractivity contribution in [3.05, 3.63) is 16.3 Å². The Balaban J connectivity index is 2.10. The predicted octanol–water partition coefficient (Wildman–Crippen LogP) is 3.20. The van der Waals surface area contributed by atoms with Gasteiger partial charge in [0.15, 0.2) is 0 Å². The Morgan fingerprint density at radius 2 is 2.05 bits per heavy atom. The van der Waals surface area contributed by atoms with Gasteiger partial charge in [-0.15, -0.1) is 0 Å². The first-order valence-corrected chi connectivity index (χ1v) is 7.65. The minimum Gasteiger partial charge on any atom is -0.361 e. The van der Waals surface area contributed by atoms with Crippen LogP contribution < -0.4 is 10.6 Å². The number of nitro groups is 1. The van der Waals surface area contributed by atoms with E-state index in [0.29, 0.717) is 18.3 Å². The molecule has 0 saturated heterocycles. The fraction of sp³-hybridized carbons (Fsp3) is 0.714. The molecule has 21 heavy (non-hydrogen) atoms. The summed E-state index contributed by atoms with van der Waals surface area (Å²) >= 11 is 0. The standard InChI is InChI=1S/C14H23N5O2/c1-3-10-5-7-11(8-6-10)17-13-12(19(20)21)9-16-14(18-13)15-4-2/h9-11H,3-8H2,1-2H3,(H2,15,16,17,18). The lowest BCUT2D eigenvalue weighted by Crippen LogP contribution is -2.27. The maximum absolute atomic E-state index is 11.1. The van der Waals surface area contributed by atoms with Gasteiger partial charge >= 0.3 is 5.69 Å².